The number of sulfonamides is 1. The van der Waals surface area contributed by atoms with E-state index < -0.39 is 28.5 Å². The first-order valence-corrected chi connectivity index (χ1v) is 16.4. The number of nitrogens with one attached hydrogen (secondary N) is 1. The Morgan fingerprint density at radius 2 is 1.51 bits per heavy atom. The van der Waals surface area contributed by atoms with Crippen molar-refractivity contribution in [1.29, 1.82) is 0 Å². The van der Waals surface area contributed by atoms with Gasteiger partial charge in [0.1, 0.15) is 18.3 Å². The number of methoxy groups -OCH3 is 1. The number of aryl methyl sites for hydroxylation is 1. The molecule has 43 heavy (non-hydrogen) atoms. The number of carbonyl (C=O) groups excluding carboxylic acids is 2. The van der Waals surface area contributed by atoms with Crippen molar-refractivity contribution in [1.82, 2.24) is 10.2 Å². The highest BCUT2D eigenvalue weighted by molar-refractivity contribution is 7.92. The van der Waals surface area contributed by atoms with Crippen LogP contribution in [0.25, 0.3) is 0 Å². The standard InChI is InChI=1S/C34H43N3O5S/c1-24(2)28-14-16-30(17-15-28)37(43(40,41)32-20-10-25(3)11-21-32)23-33(38)36(22-27-12-18-31(42-5)19-13-27)26(4)34(39)35-29-8-6-7-9-29/h10-21,24,26,29H,6-9,22-23H2,1-5H3,(H,35,39). The highest BCUT2D eigenvalue weighted by Crippen LogP contribution is 2.27. The van der Waals surface area contributed by atoms with Crippen LogP contribution in [0.3, 0.4) is 0 Å². The van der Waals surface area contributed by atoms with E-state index in [2.05, 4.69) is 19.2 Å². The minimum Gasteiger partial charge on any atom is -0.497 e. The smallest absolute Gasteiger partial charge is 0.264 e. The average molecular weight is 606 g/mol. The van der Waals surface area contributed by atoms with Crippen molar-refractivity contribution in [2.45, 2.75) is 82.8 Å². The Morgan fingerprint density at radius 3 is 2.07 bits per heavy atom. The van der Waals surface area contributed by atoms with Crippen molar-refractivity contribution in [3.8, 4) is 5.75 Å². The van der Waals surface area contributed by atoms with Crippen LogP contribution in [0.15, 0.2) is 77.7 Å². The number of benzene rings is 3. The highest BCUT2D eigenvalue weighted by Gasteiger charge is 2.33. The zero-order chi connectivity index (χ0) is 31.1. The Balaban J connectivity index is 1.69. The first-order valence-electron chi connectivity index (χ1n) is 14.9. The molecule has 1 fully saturated rings. The summed E-state index contributed by atoms with van der Waals surface area (Å²) >= 11 is 0. The third-order valence-corrected chi connectivity index (χ3v) is 9.90. The molecule has 3 aromatic rings. The summed E-state index contributed by atoms with van der Waals surface area (Å²) in [5.41, 5.74) is 3.16. The Bertz CT molecular complexity index is 1480. The van der Waals surface area contributed by atoms with Gasteiger partial charge in [-0.2, -0.15) is 0 Å². The lowest BCUT2D eigenvalue weighted by Gasteiger charge is -2.32. The topological polar surface area (TPSA) is 96.0 Å². The summed E-state index contributed by atoms with van der Waals surface area (Å²) in [7, 11) is -2.53. The minimum absolute atomic E-state index is 0.0887. The quantitative estimate of drug-likeness (QED) is 0.282. The largest absolute Gasteiger partial charge is 0.497 e. The molecule has 0 aromatic heterocycles. The number of carbonyl (C=O) groups is 2. The fourth-order valence-electron chi connectivity index (χ4n) is 5.29. The minimum atomic E-state index is -4.11. The van der Waals surface area contributed by atoms with E-state index >= 15 is 0 Å². The molecule has 4 rings (SSSR count). The van der Waals surface area contributed by atoms with Crippen LogP contribution < -0.4 is 14.4 Å². The van der Waals surface area contributed by atoms with Gasteiger partial charge in [0.05, 0.1) is 17.7 Å². The summed E-state index contributed by atoms with van der Waals surface area (Å²) in [5.74, 6) is 0.211. The molecule has 1 saturated carbocycles. The average Bonchev–Trinajstić information content (AvgIpc) is 3.51. The van der Waals surface area contributed by atoms with E-state index in [0.29, 0.717) is 11.4 Å². The molecular weight excluding hydrogens is 562 g/mol. The normalized spacial score (nSPS) is 14.4. The van der Waals surface area contributed by atoms with Gasteiger partial charge in [-0.05, 0) is 80.1 Å². The van der Waals surface area contributed by atoms with E-state index in [1.165, 1.54) is 4.90 Å². The van der Waals surface area contributed by atoms with Crippen molar-refractivity contribution in [2.24, 2.45) is 0 Å². The molecule has 0 saturated heterocycles. The Hall–Kier alpha value is -3.85. The predicted octanol–water partition coefficient (Wildman–Crippen LogP) is 5.80. The first-order chi connectivity index (χ1) is 20.5. The van der Waals surface area contributed by atoms with Gasteiger partial charge in [0.25, 0.3) is 10.0 Å². The van der Waals surface area contributed by atoms with Crippen molar-refractivity contribution in [2.75, 3.05) is 18.0 Å². The number of anilines is 1. The molecule has 0 bridgehead atoms. The summed E-state index contributed by atoms with van der Waals surface area (Å²) in [4.78, 5) is 29.1. The predicted molar refractivity (Wildman–Crippen MR) is 170 cm³/mol. The summed E-state index contributed by atoms with van der Waals surface area (Å²) in [5, 5.41) is 3.10. The summed E-state index contributed by atoms with van der Waals surface area (Å²) in [6.07, 6.45) is 3.96. The van der Waals surface area contributed by atoms with E-state index in [0.717, 1.165) is 46.7 Å². The van der Waals surface area contributed by atoms with Crippen LogP contribution in [0.5, 0.6) is 5.75 Å². The zero-order valence-corrected chi connectivity index (χ0v) is 26.6. The van der Waals surface area contributed by atoms with E-state index in [1.54, 1.807) is 62.6 Å². The molecule has 0 radical (unpaired) electrons. The van der Waals surface area contributed by atoms with Gasteiger partial charge in [-0.3, -0.25) is 13.9 Å². The molecule has 8 nitrogen and oxygen atoms in total. The molecule has 1 atom stereocenters. The molecule has 0 aliphatic heterocycles. The summed E-state index contributed by atoms with van der Waals surface area (Å²) in [6, 6.07) is 20.4. The second kappa shape index (κ2) is 14.1. The van der Waals surface area contributed by atoms with Gasteiger partial charge in [-0.25, -0.2) is 8.42 Å². The highest BCUT2D eigenvalue weighted by atomic mass is 32.2. The molecule has 9 heteroatoms. The summed E-state index contributed by atoms with van der Waals surface area (Å²) < 4.78 is 34.5. The van der Waals surface area contributed by atoms with Gasteiger partial charge in [0.2, 0.25) is 11.8 Å². The van der Waals surface area contributed by atoms with E-state index in [9.17, 15) is 18.0 Å². The third kappa shape index (κ3) is 7.96. The number of rotatable bonds is 12. The molecular formula is C34H43N3O5S. The van der Waals surface area contributed by atoms with Crippen LogP contribution in [0, 0.1) is 6.92 Å². The maximum Gasteiger partial charge on any atom is 0.264 e. The van der Waals surface area contributed by atoms with Crippen molar-refractivity contribution in [3.05, 3.63) is 89.5 Å². The van der Waals surface area contributed by atoms with Crippen molar-refractivity contribution < 1.29 is 22.7 Å². The third-order valence-electron chi connectivity index (χ3n) is 8.12. The van der Waals surface area contributed by atoms with E-state index in [-0.39, 0.29) is 29.3 Å². The van der Waals surface area contributed by atoms with Gasteiger partial charge in [-0.1, -0.05) is 68.7 Å². The zero-order valence-electron chi connectivity index (χ0n) is 25.7. The second-order valence-electron chi connectivity index (χ2n) is 11.6. The first kappa shape index (κ1) is 32.1. The molecule has 3 aromatic carbocycles. The molecule has 0 spiro atoms. The molecule has 1 unspecified atom stereocenters. The van der Waals surface area contributed by atoms with E-state index in [4.69, 9.17) is 4.74 Å². The SMILES string of the molecule is COc1ccc(CN(C(=O)CN(c2ccc(C(C)C)cc2)S(=O)(=O)c2ccc(C)cc2)C(C)C(=O)NC2CCCC2)cc1. The Labute approximate surface area is 256 Å². The lowest BCUT2D eigenvalue weighted by Crippen LogP contribution is -2.52. The number of hydrogen-bond acceptors (Lipinski definition) is 5. The molecule has 1 N–H and O–H groups in total. The van der Waals surface area contributed by atoms with Crippen LogP contribution in [-0.2, 0) is 26.2 Å². The monoisotopic (exact) mass is 605 g/mol. The maximum absolute atomic E-state index is 14.2. The molecule has 1 aliphatic carbocycles. The van der Waals surface area contributed by atoms with Gasteiger partial charge in [-0.15, -0.1) is 0 Å². The molecule has 0 heterocycles. The van der Waals surface area contributed by atoms with Gasteiger partial charge < -0.3 is 15.0 Å². The van der Waals surface area contributed by atoms with Gasteiger partial charge in [0.15, 0.2) is 0 Å². The van der Waals surface area contributed by atoms with Crippen LogP contribution in [0.4, 0.5) is 5.69 Å². The molecule has 230 valence electrons. The Kier molecular flexibility index (Phi) is 10.5. The number of amides is 2. The second-order valence-corrected chi connectivity index (χ2v) is 13.5. The fourth-order valence-corrected chi connectivity index (χ4v) is 6.71. The van der Waals surface area contributed by atoms with Gasteiger partial charge in [0, 0.05) is 12.6 Å². The maximum atomic E-state index is 14.2. The Morgan fingerprint density at radius 1 is 0.907 bits per heavy atom. The number of ether oxygens (including phenoxy) is 1. The van der Waals surface area contributed by atoms with Crippen LogP contribution in [0.1, 0.15) is 69.1 Å². The van der Waals surface area contributed by atoms with Crippen LogP contribution in [-0.4, -0.2) is 50.9 Å². The van der Waals surface area contributed by atoms with Crippen molar-refractivity contribution >= 4 is 27.5 Å². The van der Waals surface area contributed by atoms with Gasteiger partial charge >= 0.3 is 0 Å². The molecule has 2 amide bonds. The number of nitrogens with zero attached hydrogens (tertiary/aromatic N) is 2. The lowest BCUT2D eigenvalue weighted by molar-refractivity contribution is -0.139. The van der Waals surface area contributed by atoms with E-state index in [1.807, 2.05) is 31.2 Å². The fraction of sp³-hybridized carbons (Fsp3) is 0.412. The van der Waals surface area contributed by atoms with Crippen LogP contribution in [0.2, 0.25) is 0 Å². The van der Waals surface area contributed by atoms with Crippen LogP contribution >= 0.6 is 0 Å². The van der Waals surface area contributed by atoms with Crippen molar-refractivity contribution in [3.63, 3.8) is 0 Å². The summed E-state index contributed by atoms with van der Waals surface area (Å²) in [6.45, 7) is 7.38. The number of hydrogen-bond donors (Lipinski definition) is 1. The lowest BCUT2D eigenvalue weighted by atomic mass is 10.0. The molecule has 1 aliphatic rings.